The molecule has 5 heteroatoms. The van der Waals surface area contributed by atoms with E-state index in [0.29, 0.717) is 30.2 Å². The molecule has 1 aliphatic rings. The lowest BCUT2D eigenvalue weighted by atomic mass is 10.1. The Hall–Kier alpha value is -3.47. The van der Waals surface area contributed by atoms with Gasteiger partial charge < -0.3 is 19.5 Å². The maximum atomic E-state index is 12.6. The Balaban J connectivity index is 1.41. The SMILES string of the molecule is O=C(NCc1ccc2c(c1)OCO2)c1ccccc1OCc1ccccc1. The zero-order chi connectivity index (χ0) is 18.5. The largest absolute Gasteiger partial charge is 0.488 e. The van der Waals surface area contributed by atoms with Crippen LogP contribution >= 0.6 is 0 Å². The molecule has 0 aliphatic carbocycles. The van der Waals surface area contributed by atoms with Crippen LogP contribution in [-0.2, 0) is 13.2 Å². The number of para-hydroxylation sites is 1. The summed E-state index contributed by atoms with van der Waals surface area (Å²) in [6.07, 6.45) is 0. The van der Waals surface area contributed by atoms with Gasteiger partial charge >= 0.3 is 0 Å². The van der Waals surface area contributed by atoms with Crippen molar-refractivity contribution in [3.63, 3.8) is 0 Å². The molecule has 0 aromatic heterocycles. The summed E-state index contributed by atoms with van der Waals surface area (Å²) in [5.74, 6) is 1.80. The fraction of sp³-hybridized carbons (Fsp3) is 0.136. The highest BCUT2D eigenvalue weighted by Crippen LogP contribution is 2.32. The van der Waals surface area contributed by atoms with E-state index in [1.54, 1.807) is 12.1 Å². The predicted octanol–water partition coefficient (Wildman–Crippen LogP) is 3.92. The Kier molecular flexibility index (Phi) is 4.92. The third kappa shape index (κ3) is 4.03. The van der Waals surface area contributed by atoms with E-state index in [0.717, 1.165) is 16.9 Å². The first-order valence-electron chi connectivity index (χ1n) is 8.72. The summed E-state index contributed by atoms with van der Waals surface area (Å²) in [6, 6.07) is 22.7. The van der Waals surface area contributed by atoms with E-state index >= 15 is 0 Å². The van der Waals surface area contributed by atoms with Crippen molar-refractivity contribution in [2.45, 2.75) is 13.2 Å². The number of benzene rings is 3. The summed E-state index contributed by atoms with van der Waals surface area (Å²) in [6.45, 7) is 1.03. The first-order chi connectivity index (χ1) is 13.3. The molecule has 0 saturated heterocycles. The van der Waals surface area contributed by atoms with Crippen LogP contribution in [0.4, 0.5) is 0 Å². The van der Waals surface area contributed by atoms with Crippen LogP contribution in [0.2, 0.25) is 0 Å². The van der Waals surface area contributed by atoms with E-state index in [1.165, 1.54) is 0 Å². The number of nitrogens with one attached hydrogen (secondary N) is 1. The minimum Gasteiger partial charge on any atom is -0.488 e. The van der Waals surface area contributed by atoms with Crippen LogP contribution in [0.15, 0.2) is 72.8 Å². The molecule has 5 nitrogen and oxygen atoms in total. The molecule has 0 spiro atoms. The van der Waals surface area contributed by atoms with E-state index < -0.39 is 0 Å². The van der Waals surface area contributed by atoms with Crippen LogP contribution < -0.4 is 19.5 Å². The maximum absolute atomic E-state index is 12.6. The van der Waals surface area contributed by atoms with Crippen LogP contribution in [0.25, 0.3) is 0 Å². The Labute approximate surface area is 157 Å². The second-order valence-corrected chi connectivity index (χ2v) is 6.14. The van der Waals surface area contributed by atoms with Crippen molar-refractivity contribution >= 4 is 5.91 Å². The third-order valence-electron chi connectivity index (χ3n) is 4.26. The summed E-state index contributed by atoms with van der Waals surface area (Å²) in [4.78, 5) is 12.6. The predicted molar refractivity (Wildman–Crippen MR) is 101 cm³/mol. The molecule has 4 rings (SSSR count). The Bertz CT molecular complexity index is 940. The molecule has 1 amide bonds. The lowest BCUT2D eigenvalue weighted by Crippen LogP contribution is -2.23. The van der Waals surface area contributed by atoms with Gasteiger partial charge in [0.2, 0.25) is 6.79 Å². The van der Waals surface area contributed by atoms with Gasteiger partial charge in [0.15, 0.2) is 11.5 Å². The topological polar surface area (TPSA) is 56.8 Å². The average Bonchev–Trinajstić information content (AvgIpc) is 3.19. The molecule has 0 atom stereocenters. The number of rotatable bonds is 6. The number of carbonyl (C=O) groups excluding carboxylic acids is 1. The van der Waals surface area contributed by atoms with Crippen LogP contribution in [0.1, 0.15) is 21.5 Å². The van der Waals surface area contributed by atoms with Gasteiger partial charge in [-0.15, -0.1) is 0 Å². The number of hydrogen-bond acceptors (Lipinski definition) is 4. The summed E-state index contributed by atoms with van der Waals surface area (Å²) >= 11 is 0. The maximum Gasteiger partial charge on any atom is 0.255 e. The van der Waals surface area contributed by atoms with Gasteiger partial charge in [-0.1, -0.05) is 48.5 Å². The fourth-order valence-electron chi connectivity index (χ4n) is 2.84. The Morgan fingerprint density at radius 3 is 2.56 bits per heavy atom. The molecule has 1 aliphatic heterocycles. The second kappa shape index (κ2) is 7.83. The number of fused-ring (bicyclic) bond motifs is 1. The van der Waals surface area contributed by atoms with Crippen molar-refractivity contribution in [3.8, 4) is 17.2 Å². The van der Waals surface area contributed by atoms with Crippen LogP contribution in [-0.4, -0.2) is 12.7 Å². The van der Waals surface area contributed by atoms with Crippen molar-refractivity contribution in [2.24, 2.45) is 0 Å². The highest BCUT2D eigenvalue weighted by molar-refractivity contribution is 5.96. The van der Waals surface area contributed by atoms with Gasteiger partial charge in [0.05, 0.1) is 5.56 Å². The van der Waals surface area contributed by atoms with Gasteiger partial charge in [-0.25, -0.2) is 0 Å². The molecule has 1 N–H and O–H groups in total. The first kappa shape index (κ1) is 17.0. The van der Waals surface area contributed by atoms with Crippen molar-refractivity contribution in [1.82, 2.24) is 5.32 Å². The quantitative estimate of drug-likeness (QED) is 0.723. The summed E-state index contributed by atoms with van der Waals surface area (Å²) in [5, 5.41) is 2.93. The summed E-state index contributed by atoms with van der Waals surface area (Å²) in [5.41, 5.74) is 2.50. The van der Waals surface area contributed by atoms with Crippen LogP contribution in [0.5, 0.6) is 17.2 Å². The first-order valence-corrected chi connectivity index (χ1v) is 8.72. The Morgan fingerprint density at radius 1 is 0.889 bits per heavy atom. The molecule has 3 aromatic rings. The number of carbonyl (C=O) groups is 1. The summed E-state index contributed by atoms with van der Waals surface area (Å²) < 4.78 is 16.5. The van der Waals surface area contributed by atoms with Crippen LogP contribution in [0, 0.1) is 0 Å². The van der Waals surface area contributed by atoms with Crippen molar-refractivity contribution in [2.75, 3.05) is 6.79 Å². The van der Waals surface area contributed by atoms with E-state index in [9.17, 15) is 4.79 Å². The molecule has 0 bridgehead atoms. The average molecular weight is 361 g/mol. The van der Waals surface area contributed by atoms with Crippen molar-refractivity contribution in [3.05, 3.63) is 89.5 Å². The van der Waals surface area contributed by atoms with Crippen molar-refractivity contribution < 1.29 is 19.0 Å². The number of hydrogen-bond donors (Lipinski definition) is 1. The molecule has 0 fully saturated rings. The zero-order valence-electron chi connectivity index (χ0n) is 14.7. The Morgan fingerprint density at radius 2 is 1.67 bits per heavy atom. The van der Waals surface area contributed by atoms with Gasteiger partial charge in [-0.05, 0) is 35.4 Å². The monoisotopic (exact) mass is 361 g/mol. The smallest absolute Gasteiger partial charge is 0.255 e. The normalized spacial score (nSPS) is 11.9. The molecule has 0 unspecified atom stereocenters. The standard InChI is InChI=1S/C22H19NO4/c24-22(23-13-17-10-11-20-21(12-17)27-15-26-20)18-8-4-5-9-19(18)25-14-16-6-2-1-3-7-16/h1-12H,13-15H2,(H,23,24). The van der Waals surface area contributed by atoms with Gasteiger partial charge in [-0.2, -0.15) is 0 Å². The highest BCUT2D eigenvalue weighted by atomic mass is 16.7. The molecule has 136 valence electrons. The van der Waals surface area contributed by atoms with E-state index in [2.05, 4.69) is 5.32 Å². The minimum absolute atomic E-state index is 0.184. The van der Waals surface area contributed by atoms with E-state index in [1.807, 2.05) is 60.7 Å². The molecule has 0 radical (unpaired) electrons. The second-order valence-electron chi connectivity index (χ2n) is 6.14. The molecular weight excluding hydrogens is 342 g/mol. The lowest BCUT2D eigenvalue weighted by Gasteiger charge is -2.12. The van der Waals surface area contributed by atoms with Gasteiger partial charge in [0.25, 0.3) is 5.91 Å². The van der Waals surface area contributed by atoms with Crippen molar-refractivity contribution in [1.29, 1.82) is 0 Å². The molecule has 3 aromatic carbocycles. The van der Waals surface area contributed by atoms with Gasteiger partial charge in [0, 0.05) is 6.54 Å². The molecular formula is C22H19NO4. The minimum atomic E-state index is -0.184. The third-order valence-corrected chi connectivity index (χ3v) is 4.26. The molecule has 0 saturated carbocycles. The molecule has 27 heavy (non-hydrogen) atoms. The van der Waals surface area contributed by atoms with E-state index in [4.69, 9.17) is 14.2 Å². The summed E-state index contributed by atoms with van der Waals surface area (Å²) in [7, 11) is 0. The number of amides is 1. The lowest BCUT2D eigenvalue weighted by molar-refractivity contribution is 0.0946. The van der Waals surface area contributed by atoms with Gasteiger partial charge in [0.1, 0.15) is 12.4 Å². The fourth-order valence-corrected chi connectivity index (χ4v) is 2.84. The highest BCUT2D eigenvalue weighted by Gasteiger charge is 2.15. The van der Waals surface area contributed by atoms with Gasteiger partial charge in [-0.3, -0.25) is 4.79 Å². The number of ether oxygens (including phenoxy) is 3. The van der Waals surface area contributed by atoms with E-state index in [-0.39, 0.29) is 12.7 Å². The zero-order valence-corrected chi connectivity index (χ0v) is 14.7. The van der Waals surface area contributed by atoms with Crippen LogP contribution in [0.3, 0.4) is 0 Å². The molecule has 1 heterocycles.